The average molecular weight is 310 g/mol. The molecule has 0 rings (SSSR count). The van der Waals surface area contributed by atoms with Crippen molar-refractivity contribution in [1.82, 2.24) is 0 Å². The van der Waals surface area contributed by atoms with Crippen LogP contribution < -0.4 is 0 Å². The standard InChI is InChI=1S/C19H34O3/c1-13(2)11-16(19(22)15(5)6)12-17(20)9-7-8-10-18(21)14(3)4/h13-16H,7-12H2,1-6H3/t16-/m1/s1. The van der Waals surface area contributed by atoms with Gasteiger partial charge in [0.2, 0.25) is 0 Å². The van der Waals surface area contributed by atoms with Crippen LogP contribution in [0.1, 0.15) is 80.1 Å². The summed E-state index contributed by atoms with van der Waals surface area (Å²) < 4.78 is 0. The zero-order valence-electron chi connectivity index (χ0n) is 15.3. The van der Waals surface area contributed by atoms with Gasteiger partial charge in [0.1, 0.15) is 17.3 Å². The first-order valence-electron chi connectivity index (χ1n) is 8.73. The lowest BCUT2D eigenvalue weighted by molar-refractivity contribution is -0.130. The second-order valence-corrected chi connectivity index (χ2v) is 7.45. The fourth-order valence-electron chi connectivity index (χ4n) is 2.63. The summed E-state index contributed by atoms with van der Waals surface area (Å²) in [5.74, 6) is 0.984. The largest absolute Gasteiger partial charge is 0.300 e. The van der Waals surface area contributed by atoms with E-state index in [0.29, 0.717) is 25.2 Å². The minimum atomic E-state index is -0.134. The van der Waals surface area contributed by atoms with Crippen molar-refractivity contribution in [1.29, 1.82) is 0 Å². The lowest BCUT2D eigenvalue weighted by Crippen LogP contribution is -2.24. The van der Waals surface area contributed by atoms with Gasteiger partial charge in [0.05, 0.1) is 0 Å². The van der Waals surface area contributed by atoms with E-state index in [-0.39, 0.29) is 35.1 Å². The van der Waals surface area contributed by atoms with Gasteiger partial charge in [0, 0.05) is 37.0 Å². The third kappa shape index (κ3) is 9.11. The van der Waals surface area contributed by atoms with Gasteiger partial charge < -0.3 is 0 Å². The Labute approximate surface area is 136 Å². The molecule has 128 valence electrons. The SMILES string of the molecule is CC(C)C[C@H](CC(=O)CCCCC(=O)C(C)C)C(=O)C(C)C. The molecule has 0 aliphatic rings. The summed E-state index contributed by atoms with van der Waals surface area (Å²) in [7, 11) is 0. The Morgan fingerprint density at radius 3 is 1.77 bits per heavy atom. The van der Waals surface area contributed by atoms with E-state index in [1.165, 1.54) is 0 Å². The topological polar surface area (TPSA) is 51.2 Å². The van der Waals surface area contributed by atoms with Crippen LogP contribution in [0, 0.1) is 23.7 Å². The van der Waals surface area contributed by atoms with Gasteiger partial charge in [-0.25, -0.2) is 0 Å². The maximum absolute atomic E-state index is 12.2. The Hall–Kier alpha value is -0.990. The summed E-state index contributed by atoms with van der Waals surface area (Å²) in [4.78, 5) is 35.8. The molecule has 0 aromatic heterocycles. The quantitative estimate of drug-likeness (QED) is 0.494. The van der Waals surface area contributed by atoms with E-state index >= 15 is 0 Å². The maximum Gasteiger partial charge on any atom is 0.138 e. The van der Waals surface area contributed by atoms with Gasteiger partial charge in [-0.15, -0.1) is 0 Å². The zero-order chi connectivity index (χ0) is 17.3. The van der Waals surface area contributed by atoms with Crippen molar-refractivity contribution in [2.75, 3.05) is 0 Å². The highest BCUT2D eigenvalue weighted by atomic mass is 16.1. The molecule has 0 aliphatic carbocycles. The molecule has 0 aliphatic heterocycles. The van der Waals surface area contributed by atoms with Crippen molar-refractivity contribution in [3.63, 3.8) is 0 Å². The predicted molar refractivity (Wildman–Crippen MR) is 90.7 cm³/mol. The molecule has 0 saturated carbocycles. The van der Waals surface area contributed by atoms with Gasteiger partial charge >= 0.3 is 0 Å². The molecule has 22 heavy (non-hydrogen) atoms. The molecule has 0 heterocycles. The Morgan fingerprint density at radius 2 is 1.32 bits per heavy atom. The second-order valence-electron chi connectivity index (χ2n) is 7.45. The van der Waals surface area contributed by atoms with Crippen LogP contribution in [0.15, 0.2) is 0 Å². The number of hydrogen-bond donors (Lipinski definition) is 0. The summed E-state index contributed by atoms with van der Waals surface area (Å²) in [6.07, 6.45) is 3.73. The van der Waals surface area contributed by atoms with E-state index in [2.05, 4.69) is 13.8 Å². The molecule has 3 nitrogen and oxygen atoms in total. The molecule has 0 N–H and O–H groups in total. The third-order valence-electron chi connectivity index (χ3n) is 3.97. The average Bonchev–Trinajstić information content (AvgIpc) is 2.40. The van der Waals surface area contributed by atoms with Gasteiger partial charge in [-0.2, -0.15) is 0 Å². The van der Waals surface area contributed by atoms with Crippen LogP contribution in [-0.4, -0.2) is 17.3 Å². The first-order chi connectivity index (χ1) is 10.1. The molecule has 0 saturated heterocycles. The summed E-state index contributed by atoms with van der Waals surface area (Å²) in [5.41, 5.74) is 0. The number of hydrogen-bond acceptors (Lipinski definition) is 3. The number of unbranched alkanes of at least 4 members (excludes halogenated alkanes) is 1. The zero-order valence-corrected chi connectivity index (χ0v) is 15.3. The molecule has 0 bridgehead atoms. The first-order valence-corrected chi connectivity index (χ1v) is 8.73. The van der Waals surface area contributed by atoms with E-state index in [9.17, 15) is 14.4 Å². The van der Waals surface area contributed by atoms with E-state index in [4.69, 9.17) is 0 Å². The summed E-state index contributed by atoms with van der Waals surface area (Å²) >= 11 is 0. The van der Waals surface area contributed by atoms with Crippen LogP contribution in [0.2, 0.25) is 0 Å². The molecule has 0 radical (unpaired) electrons. The molecule has 0 unspecified atom stereocenters. The van der Waals surface area contributed by atoms with Crippen LogP contribution in [0.5, 0.6) is 0 Å². The van der Waals surface area contributed by atoms with Crippen molar-refractivity contribution in [2.45, 2.75) is 80.1 Å². The number of ketones is 3. The fourth-order valence-corrected chi connectivity index (χ4v) is 2.63. The predicted octanol–water partition coefficient (Wildman–Crippen LogP) is 4.62. The molecule has 0 aromatic carbocycles. The van der Waals surface area contributed by atoms with Gasteiger partial charge in [-0.1, -0.05) is 41.5 Å². The van der Waals surface area contributed by atoms with Crippen LogP contribution >= 0.6 is 0 Å². The third-order valence-corrected chi connectivity index (χ3v) is 3.97. The van der Waals surface area contributed by atoms with Crippen molar-refractivity contribution in [3.05, 3.63) is 0 Å². The molecule has 3 heteroatoms. The van der Waals surface area contributed by atoms with E-state index < -0.39 is 0 Å². The minimum absolute atomic E-state index is 0.0137. The lowest BCUT2D eigenvalue weighted by Gasteiger charge is -2.19. The van der Waals surface area contributed by atoms with Crippen LogP contribution in [0.4, 0.5) is 0 Å². The van der Waals surface area contributed by atoms with Crippen molar-refractivity contribution in [3.8, 4) is 0 Å². The monoisotopic (exact) mass is 310 g/mol. The second kappa shape index (κ2) is 10.7. The molecule has 0 spiro atoms. The molecular weight excluding hydrogens is 276 g/mol. The fraction of sp³-hybridized carbons (Fsp3) is 0.842. The Balaban J connectivity index is 4.23. The van der Waals surface area contributed by atoms with Gasteiger partial charge in [-0.05, 0) is 25.2 Å². The summed E-state index contributed by atoms with van der Waals surface area (Å²) in [6.45, 7) is 11.8. The van der Waals surface area contributed by atoms with Crippen LogP contribution in [0.25, 0.3) is 0 Å². The molecule has 0 aromatic rings. The highest BCUT2D eigenvalue weighted by molar-refractivity contribution is 5.89. The molecule has 0 fully saturated rings. The Bertz CT molecular complexity index is 367. The molecule has 1 atom stereocenters. The maximum atomic E-state index is 12.2. The number of Topliss-reactive ketones (excluding diaryl/α,β-unsaturated/α-hetero) is 3. The van der Waals surface area contributed by atoms with Gasteiger partial charge in [0.25, 0.3) is 0 Å². The highest BCUT2D eigenvalue weighted by Gasteiger charge is 2.24. The minimum Gasteiger partial charge on any atom is -0.300 e. The van der Waals surface area contributed by atoms with Crippen LogP contribution in [-0.2, 0) is 14.4 Å². The molecular formula is C19H34O3. The lowest BCUT2D eigenvalue weighted by atomic mass is 9.84. The first kappa shape index (κ1) is 21.0. The number of rotatable bonds is 12. The van der Waals surface area contributed by atoms with E-state index in [1.807, 2.05) is 27.7 Å². The van der Waals surface area contributed by atoms with Gasteiger partial charge in [0.15, 0.2) is 0 Å². The van der Waals surface area contributed by atoms with Crippen molar-refractivity contribution < 1.29 is 14.4 Å². The normalized spacial score (nSPS) is 13.0. The summed E-state index contributed by atoms with van der Waals surface area (Å²) in [6, 6.07) is 0. The summed E-state index contributed by atoms with van der Waals surface area (Å²) in [5, 5.41) is 0. The smallest absolute Gasteiger partial charge is 0.138 e. The number of carbonyl (C=O) groups excluding carboxylic acids is 3. The number of carbonyl (C=O) groups is 3. The van der Waals surface area contributed by atoms with Gasteiger partial charge in [-0.3, -0.25) is 14.4 Å². The van der Waals surface area contributed by atoms with Crippen molar-refractivity contribution in [2.24, 2.45) is 23.7 Å². The van der Waals surface area contributed by atoms with Crippen molar-refractivity contribution >= 4 is 17.3 Å². The van der Waals surface area contributed by atoms with E-state index in [1.54, 1.807) is 0 Å². The molecule has 0 amide bonds. The Morgan fingerprint density at radius 1 is 0.773 bits per heavy atom. The highest BCUT2D eigenvalue weighted by Crippen LogP contribution is 2.22. The van der Waals surface area contributed by atoms with E-state index in [0.717, 1.165) is 19.3 Å². The van der Waals surface area contributed by atoms with Crippen LogP contribution in [0.3, 0.4) is 0 Å². The Kier molecular flexibility index (Phi) is 10.2.